The van der Waals surface area contributed by atoms with Crippen LogP contribution in [0.3, 0.4) is 0 Å². The van der Waals surface area contributed by atoms with Gasteiger partial charge in [-0.15, -0.1) is 11.6 Å². The monoisotopic (exact) mass is 355 g/mol. The van der Waals surface area contributed by atoms with E-state index in [9.17, 15) is 10.1 Å². The molecule has 0 bridgehead atoms. The second kappa shape index (κ2) is 6.24. The van der Waals surface area contributed by atoms with Gasteiger partial charge in [0.25, 0.3) is 5.69 Å². The lowest BCUT2D eigenvalue weighted by atomic mass is 10.2. The standard InChI is InChI=1S/C14H11BrClNO3/c1-9-13(17(18)19)3-2-4-14(9)20-11-6-5-10(8-16)12(15)7-11/h2-7H,8H2,1H3. The Kier molecular flexibility index (Phi) is 4.62. The number of nitrogens with zero attached hydrogens (tertiary/aromatic N) is 1. The zero-order valence-electron chi connectivity index (χ0n) is 10.6. The number of hydrogen-bond donors (Lipinski definition) is 0. The lowest BCUT2D eigenvalue weighted by molar-refractivity contribution is -0.385. The van der Waals surface area contributed by atoms with Gasteiger partial charge in [0.05, 0.1) is 10.5 Å². The summed E-state index contributed by atoms with van der Waals surface area (Å²) in [4.78, 5) is 10.5. The number of nitro benzene ring substituents is 1. The molecule has 0 radical (unpaired) electrons. The molecular formula is C14H11BrClNO3. The predicted molar refractivity (Wildman–Crippen MR) is 81.6 cm³/mol. The Bertz CT molecular complexity index is 661. The minimum atomic E-state index is -0.422. The molecule has 0 unspecified atom stereocenters. The quantitative estimate of drug-likeness (QED) is 0.430. The van der Waals surface area contributed by atoms with E-state index < -0.39 is 4.92 Å². The lowest BCUT2D eigenvalue weighted by Gasteiger charge is -2.10. The zero-order valence-corrected chi connectivity index (χ0v) is 12.9. The molecule has 0 fully saturated rings. The molecule has 0 saturated heterocycles. The van der Waals surface area contributed by atoms with E-state index in [-0.39, 0.29) is 5.69 Å². The average molecular weight is 357 g/mol. The first-order chi connectivity index (χ1) is 9.52. The number of ether oxygens (including phenoxy) is 1. The fraction of sp³-hybridized carbons (Fsp3) is 0.143. The lowest BCUT2D eigenvalue weighted by Crippen LogP contribution is -1.95. The van der Waals surface area contributed by atoms with E-state index in [0.29, 0.717) is 22.9 Å². The number of halogens is 2. The van der Waals surface area contributed by atoms with E-state index in [4.69, 9.17) is 16.3 Å². The summed E-state index contributed by atoms with van der Waals surface area (Å²) in [6, 6.07) is 10.2. The molecule has 6 heteroatoms. The van der Waals surface area contributed by atoms with Gasteiger partial charge in [0.2, 0.25) is 0 Å². The van der Waals surface area contributed by atoms with E-state index in [1.807, 2.05) is 6.07 Å². The van der Waals surface area contributed by atoms with Crippen molar-refractivity contribution in [2.24, 2.45) is 0 Å². The number of alkyl halides is 1. The molecule has 0 aliphatic heterocycles. The minimum absolute atomic E-state index is 0.0407. The molecule has 20 heavy (non-hydrogen) atoms. The molecule has 0 atom stereocenters. The van der Waals surface area contributed by atoms with Crippen LogP contribution in [0, 0.1) is 17.0 Å². The van der Waals surface area contributed by atoms with Crippen LogP contribution in [0.1, 0.15) is 11.1 Å². The highest BCUT2D eigenvalue weighted by molar-refractivity contribution is 9.10. The van der Waals surface area contributed by atoms with Gasteiger partial charge in [-0.2, -0.15) is 0 Å². The molecule has 0 spiro atoms. The van der Waals surface area contributed by atoms with Crippen molar-refractivity contribution in [3.8, 4) is 11.5 Å². The summed E-state index contributed by atoms with van der Waals surface area (Å²) in [5.74, 6) is 1.45. The van der Waals surface area contributed by atoms with Gasteiger partial charge in [-0.05, 0) is 30.7 Å². The first kappa shape index (κ1) is 14.8. The second-order valence-electron chi connectivity index (χ2n) is 4.15. The largest absolute Gasteiger partial charge is 0.457 e. The summed E-state index contributed by atoms with van der Waals surface area (Å²) >= 11 is 9.18. The highest BCUT2D eigenvalue weighted by atomic mass is 79.9. The zero-order chi connectivity index (χ0) is 14.7. The SMILES string of the molecule is Cc1c(Oc2ccc(CCl)c(Br)c2)cccc1[N+](=O)[O-]. The Labute approximate surface area is 129 Å². The van der Waals surface area contributed by atoms with Gasteiger partial charge in [0.1, 0.15) is 11.5 Å². The minimum Gasteiger partial charge on any atom is -0.457 e. The van der Waals surface area contributed by atoms with E-state index >= 15 is 0 Å². The van der Waals surface area contributed by atoms with E-state index in [0.717, 1.165) is 10.0 Å². The number of benzene rings is 2. The van der Waals surface area contributed by atoms with Crippen LogP contribution in [0.5, 0.6) is 11.5 Å². The van der Waals surface area contributed by atoms with Crippen molar-refractivity contribution < 1.29 is 9.66 Å². The maximum atomic E-state index is 10.9. The molecule has 104 valence electrons. The molecule has 2 rings (SSSR count). The van der Waals surface area contributed by atoms with Crippen molar-refractivity contribution in [3.05, 3.63) is 62.1 Å². The Morgan fingerprint density at radius 2 is 2.10 bits per heavy atom. The van der Waals surface area contributed by atoms with Gasteiger partial charge in [0, 0.05) is 16.4 Å². The first-order valence-corrected chi connectivity index (χ1v) is 7.12. The van der Waals surface area contributed by atoms with Gasteiger partial charge in [-0.1, -0.05) is 28.1 Å². The van der Waals surface area contributed by atoms with Crippen molar-refractivity contribution in [1.29, 1.82) is 0 Å². The molecule has 0 saturated carbocycles. The van der Waals surface area contributed by atoms with Crippen molar-refractivity contribution in [2.45, 2.75) is 12.8 Å². The Morgan fingerprint density at radius 1 is 1.35 bits per heavy atom. The molecule has 2 aromatic carbocycles. The van der Waals surface area contributed by atoms with Crippen LogP contribution in [0.4, 0.5) is 5.69 Å². The molecule has 0 N–H and O–H groups in total. The molecular weight excluding hydrogens is 346 g/mol. The van der Waals surface area contributed by atoms with Crippen molar-refractivity contribution in [2.75, 3.05) is 0 Å². The highest BCUT2D eigenvalue weighted by Crippen LogP contribution is 2.32. The molecule has 0 aliphatic rings. The third kappa shape index (κ3) is 3.11. The van der Waals surface area contributed by atoms with E-state index in [2.05, 4.69) is 15.9 Å². The normalized spacial score (nSPS) is 10.3. The van der Waals surface area contributed by atoms with Crippen molar-refractivity contribution in [3.63, 3.8) is 0 Å². The highest BCUT2D eigenvalue weighted by Gasteiger charge is 2.14. The summed E-state index contributed by atoms with van der Waals surface area (Å²) < 4.78 is 6.54. The summed E-state index contributed by atoms with van der Waals surface area (Å²) in [7, 11) is 0. The molecule has 2 aromatic rings. The summed E-state index contributed by atoms with van der Waals surface area (Å²) in [6.45, 7) is 1.66. The molecule has 0 amide bonds. The average Bonchev–Trinajstić information content (AvgIpc) is 2.41. The van der Waals surface area contributed by atoms with E-state index in [1.54, 1.807) is 31.2 Å². The van der Waals surface area contributed by atoms with Crippen LogP contribution < -0.4 is 4.74 Å². The van der Waals surface area contributed by atoms with Crippen LogP contribution in [0.2, 0.25) is 0 Å². The van der Waals surface area contributed by atoms with Crippen LogP contribution >= 0.6 is 27.5 Å². The summed E-state index contributed by atoms with van der Waals surface area (Å²) in [5, 5.41) is 10.9. The molecule has 0 aromatic heterocycles. The maximum absolute atomic E-state index is 10.9. The third-order valence-electron chi connectivity index (χ3n) is 2.85. The van der Waals surface area contributed by atoms with Gasteiger partial charge >= 0.3 is 0 Å². The molecule has 4 nitrogen and oxygen atoms in total. The van der Waals surface area contributed by atoms with Crippen LogP contribution in [0.15, 0.2) is 40.9 Å². The number of nitro groups is 1. The smallest absolute Gasteiger partial charge is 0.276 e. The second-order valence-corrected chi connectivity index (χ2v) is 5.27. The Morgan fingerprint density at radius 3 is 2.70 bits per heavy atom. The van der Waals surface area contributed by atoms with Gasteiger partial charge in [-0.3, -0.25) is 10.1 Å². The first-order valence-electron chi connectivity index (χ1n) is 5.79. The number of rotatable bonds is 4. The Balaban J connectivity index is 2.33. The van der Waals surface area contributed by atoms with Crippen molar-refractivity contribution in [1.82, 2.24) is 0 Å². The summed E-state index contributed by atoms with van der Waals surface area (Å²) in [6.07, 6.45) is 0. The topological polar surface area (TPSA) is 52.4 Å². The number of hydrogen-bond acceptors (Lipinski definition) is 3. The van der Waals surface area contributed by atoms with Gasteiger partial charge < -0.3 is 4.74 Å². The molecule has 0 aliphatic carbocycles. The Hall–Kier alpha value is -1.59. The maximum Gasteiger partial charge on any atom is 0.276 e. The van der Waals surface area contributed by atoms with Gasteiger partial charge in [-0.25, -0.2) is 0 Å². The predicted octanol–water partition coefficient (Wildman–Crippen LogP) is 5.20. The van der Waals surface area contributed by atoms with Crippen LogP contribution in [-0.4, -0.2) is 4.92 Å². The fourth-order valence-corrected chi connectivity index (χ4v) is 2.63. The van der Waals surface area contributed by atoms with Gasteiger partial charge in [0.15, 0.2) is 0 Å². The fourth-order valence-electron chi connectivity index (χ4n) is 1.74. The van der Waals surface area contributed by atoms with E-state index in [1.165, 1.54) is 6.07 Å². The summed E-state index contributed by atoms with van der Waals surface area (Å²) in [5.41, 5.74) is 1.49. The van der Waals surface area contributed by atoms with Crippen molar-refractivity contribution >= 4 is 33.2 Å². The van der Waals surface area contributed by atoms with Crippen LogP contribution in [-0.2, 0) is 5.88 Å². The molecule has 0 heterocycles. The third-order valence-corrected chi connectivity index (χ3v) is 3.87. The van der Waals surface area contributed by atoms with Crippen LogP contribution in [0.25, 0.3) is 0 Å².